The number of carbonyl (C=O) groups excluding carboxylic acids is 2. The Bertz CT molecular complexity index is 1960. The molecule has 6 rings (SSSR count). The minimum absolute atomic E-state index is 0.0568. The monoisotopic (exact) mass is 578 g/mol. The van der Waals surface area contributed by atoms with Crippen molar-refractivity contribution in [1.29, 1.82) is 0 Å². The lowest BCUT2D eigenvalue weighted by Crippen LogP contribution is -2.13. The Morgan fingerprint density at radius 3 is 2.49 bits per heavy atom. The van der Waals surface area contributed by atoms with Gasteiger partial charge in [-0.1, -0.05) is 26.5 Å². The summed E-state index contributed by atoms with van der Waals surface area (Å²) in [5.74, 6) is -2.72. The van der Waals surface area contributed by atoms with Gasteiger partial charge in [-0.25, -0.2) is 9.78 Å². The zero-order valence-corrected chi connectivity index (χ0v) is 25.0. The first-order valence-electron chi connectivity index (χ1n) is 14.6. The number of rotatable bonds is 5. The predicted octanol–water partition coefficient (Wildman–Crippen LogP) is 6.91. The van der Waals surface area contributed by atoms with Gasteiger partial charge in [-0.2, -0.15) is 0 Å². The molecule has 0 aromatic carbocycles. The van der Waals surface area contributed by atoms with Crippen molar-refractivity contribution in [3.63, 3.8) is 0 Å². The van der Waals surface area contributed by atoms with Crippen LogP contribution in [0.1, 0.15) is 107 Å². The van der Waals surface area contributed by atoms with Crippen LogP contribution in [0.5, 0.6) is 0 Å². The van der Waals surface area contributed by atoms with Crippen LogP contribution in [-0.4, -0.2) is 43.0 Å². The molecule has 9 nitrogen and oxygen atoms in total. The third kappa shape index (κ3) is 4.59. The fourth-order valence-corrected chi connectivity index (χ4v) is 6.70. The molecule has 43 heavy (non-hydrogen) atoms. The molecule has 6 heterocycles. The average Bonchev–Trinajstić information content (AvgIpc) is 3.61. The highest BCUT2D eigenvalue weighted by Gasteiger charge is 2.35. The number of ether oxygens (including phenoxy) is 1. The average molecular weight is 579 g/mol. The van der Waals surface area contributed by atoms with Crippen molar-refractivity contribution < 1.29 is 24.2 Å². The van der Waals surface area contributed by atoms with Crippen LogP contribution in [-0.2, 0) is 20.7 Å². The smallest absolute Gasteiger partial charge is 0.348 e. The summed E-state index contributed by atoms with van der Waals surface area (Å²) < 4.78 is 5.23. The maximum Gasteiger partial charge on any atom is 0.348 e. The minimum atomic E-state index is -0.907. The Balaban J connectivity index is 1.82. The number of nitrogens with one attached hydrogen (secondary N) is 2. The topological polar surface area (TPSA) is 138 Å². The summed E-state index contributed by atoms with van der Waals surface area (Å²) in [7, 11) is 0. The number of aliphatic carboxylic acids is 1. The summed E-state index contributed by atoms with van der Waals surface area (Å²) in [6, 6.07) is 5.97. The highest BCUT2D eigenvalue weighted by molar-refractivity contribution is 6.09. The summed E-state index contributed by atoms with van der Waals surface area (Å²) >= 11 is 0. The standard InChI is InChI=1S/C34H34N4O5/c1-7-19-15(3)23-12-25-17(5)21(9-10-29(39)40)32(37-25)22-11-30(41)43-34(42)31-18(6)26(38-33(22)31)14-28-20(8-2)16(4)24(36-28)13-27(19)35-23/h7,12-14,17,21,35,38H,1,8-11H2,2-6H3,(H,39,40). The third-order valence-electron chi connectivity index (χ3n) is 9.14. The second-order valence-corrected chi connectivity index (χ2v) is 11.5. The van der Waals surface area contributed by atoms with Gasteiger partial charge in [-0.05, 0) is 74.1 Å². The number of carboxylic acid groups (broad SMARTS) is 1. The molecule has 0 amide bonds. The number of H-pyrrole nitrogens is 2. The van der Waals surface area contributed by atoms with Gasteiger partial charge in [0.1, 0.15) is 0 Å². The van der Waals surface area contributed by atoms with E-state index in [0.29, 0.717) is 34.3 Å². The molecule has 2 atom stereocenters. The van der Waals surface area contributed by atoms with Gasteiger partial charge in [0.25, 0.3) is 0 Å². The molecule has 3 N–H and O–H groups in total. The van der Waals surface area contributed by atoms with E-state index in [2.05, 4.69) is 30.4 Å². The number of allylic oxidation sites excluding steroid dienone is 2. The number of esters is 2. The van der Waals surface area contributed by atoms with Crippen LogP contribution in [0.25, 0.3) is 39.3 Å². The molecule has 0 spiro atoms. The number of carboxylic acids is 1. The minimum Gasteiger partial charge on any atom is -0.481 e. The van der Waals surface area contributed by atoms with Crippen molar-refractivity contribution in [2.75, 3.05) is 0 Å². The molecule has 9 heteroatoms. The molecule has 3 aliphatic heterocycles. The largest absolute Gasteiger partial charge is 0.481 e. The van der Waals surface area contributed by atoms with Crippen molar-refractivity contribution in [3.8, 4) is 0 Å². The number of hydrogen-bond donors (Lipinski definition) is 3. The number of aromatic amines is 2. The number of nitrogens with zero attached hydrogens (tertiary/aromatic N) is 2. The van der Waals surface area contributed by atoms with Gasteiger partial charge in [-0.3, -0.25) is 14.6 Å². The van der Waals surface area contributed by atoms with Gasteiger partial charge in [-0.15, -0.1) is 0 Å². The molecule has 2 unspecified atom stereocenters. The van der Waals surface area contributed by atoms with Crippen molar-refractivity contribution in [2.45, 2.75) is 72.1 Å². The number of aromatic nitrogens is 4. The molecule has 3 aromatic rings. The lowest BCUT2D eigenvalue weighted by molar-refractivity contribution is -0.138. The van der Waals surface area contributed by atoms with Crippen LogP contribution in [0.4, 0.5) is 0 Å². The van der Waals surface area contributed by atoms with Crippen LogP contribution in [0.15, 0.2) is 24.8 Å². The molecule has 3 aromatic heterocycles. The highest BCUT2D eigenvalue weighted by atomic mass is 16.6. The molecular formula is C34H34N4O5. The van der Waals surface area contributed by atoms with Gasteiger partial charge < -0.3 is 19.8 Å². The zero-order chi connectivity index (χ0) is 30.7. The van der Waals surface area contributed by atoms with Crippen LogP contribution in [0.2, 0.25) is 0 Å². The lowest BCUT2D eigenvalue weighted by Gasteiger charge is -2.16. The maximum absolute atomic E-state index is 13.2. The van der Waals surface area contributed by atoms with E-state index in [1.807, 2.05) is 45.0 Å². The van der Waals surface area contributed by atoms with Crippen LogP contribution < -0.4 is 0 Å². The Kier molecular flexibility index (Phi) is 6.91. The molecule has 8 bridgehead atoms. The van der Waals surface area contributed by atoms with E-state index < -0.39 is 17.9 Å². The van der Waals surface area contributed by atoms with Gasteiger partial charge in [0.15, 0.2) is 0 Å². The van der Waals surface area contributed by atoms with Gasteiger partial charge >= 0.3 is 17.9 Å². The Labute approximate surface area is 248 Å². The quantitative estimate of drug-likeness (QED) is 0.221. The lowest BCUT2D eigenvalue weighted by atomic mass is 9.85. The first-order chi connectivity index (χ1) is 20.5. The van der Waals surface area contributed by atoms with E-state index in [9.17, 15) is 19.5 Å². The maximum atomic E-state index is 13.2. The second kappa shape index (κ2) is 10.5. The van der Waals surface area contributed by atoms with Gasteiger partial charge in [0, 0.05) is 51.6 Å². The normalized spacial score (nSPS) is 18.1. The number of aryl methyl sites for hydroxylation is 2. The molecule has 0 saturated carbocycles. The van der Waals surface area contributed by atoms with E-state index >= 15 is 0 Å². The highest BCUT2D eigenvalue weighted by Crippen LogP contribution is 2.43. The van der Waals surface area contributed by atoms with Gasteiger partial charge in [0.2, 0.25) is 0 Å². The fourth-order valence-electron chi connectivity index (χ4n) is 6.70. The van der Waals surface area contributed by atoms with Crippen molar-refractivity contribution in [1.82, 2.24) is 19.9 Å². The second-order valence-electron chi connectivity index (χ2n) is 11.5. The Hall–Kier alpha value is -4.79. The molecule has 0 radical (unpaired) electrons. The number of carbonyl (C=O) groups is 3. The summed E-state index contributed by atoms with van der Waals surface area (Å²) in [6.07, 6.45) is 2.70. The molecule has 0 saturated heterocycles. The van der Waals surface area contributed by atoms with Crippen LogP contribution in [0, 0.1) is 13.8 Å². The fraction of sp³-hybridized carbons (Fsp3) is 0.324. The molecule has 220 valence electrons. The summed E-state index contributed by atoms with van der Waals surface area (Å²) in [5.41, 5.74) is 11.5. The van der Waals surface area contributed by atoms with Crippen molar-refractivity contribution >= 4 is 57.2 Å². The van der Waals surface area contributed by atoms with Gasteiger partial charge in [0.05, 0.1) is 34.6 Å². The van der Waals surface area contributed by atoms with E-state index in [4.69, 9.17) is 14.7 Å². The SMILES string of the molecule is C=Cc1c(C)c2cc3nc(c4c5[nH]c(cc6nc(cc1[nH]2)C(C)=C6CC)c(C)c5C(=O)OC(=O)C4)C(CCC(=O)O)C3C. The predicted molar refractivity (Wildman–Crippen MR) is 165 cm³/mol. The molecule has 0 fully saturated rings. The van der Waals surface area contributed by atoms with Crippen LogP contribution in [0.3, 0.4) is 0 Å². The zero-order valence-electron chi connectivity index (χ0n) is 25.0. The van der Waals surface area contributed by atoms with Crippen molar-refractivity contribution in [3.05, 3.63) is 75.4 Å². The summed E-state index contributed by atoms with van der Waals surface area (Å²) in [6.45, 7) is 14.1. The van der Waals surface area contributed by atoms with E-state index in [-0.39, 0.29) is 30.2 Å². The van der Waals surface area contributed by atoms with Crippen molar-refractivity contribution in [2.24, 2.45) is 0 Å². The first kappa shape index (κ1) is 28.3. The van der Waals surface area contributed by atoms with E-state index in [0.717, 1.165) is 56.8 Å². The van der Waals surface area contributed by atoms with E-state index in [1.54, 1.807) is 0 Å². The van der Waals surface area contributed by atoms with Crippen LogP contribution >= 0.6 is 0 Å². The molecule has 3 aliphatic rings. The molecular weight excluding hydrogens is 544 g/mol. The number of hydrogen-bond acceptors (Lipinski definition) is 6. The number of cyclic esters (lactones) is 2. The summed E-state index contributed by atoms with van der Waals surface area (Å²) in [4.78, 5) is 54.8. The van der Waals surface area contributed by atoms with E-state index in [1.165, 1.54) is 0 Å². The third-order valence-corrected chi connectivity index (χ3v) is 9.14. The Morgan fingerprint density at radius 1 is 1.07 bits per heavy atom. The first-order valence-corrected chi connectivity index (χ1v) is 14.6. The Morgan fingerprint density at radius 2 is 1.79 bits per heavy atom. The number of fused-ring (bicyclic) bond motifs is 8. The summed E-state index contributed by atoms with van der Waals surface area (Å²) in [5, 5.41) is 9.55. The molecule has 0 aliphatic carbocycles.